The van der Waals surface area contributed by atoms with Crippen molar-refractivity contribution in [3.63, 3.8) is 0 Å². The Bertz CT molecular complexity index is 458. The highest BCUT2D eigenvalue weighted by Gasteiger charge is 2.55. The molecule has 0 heterocycles. The van der Waals surface area contributed by atoms with Crippen molar-refractivity contribution < 1.29 is 9.47 Å². The molecule has 0 atom stereocenters. The largest absolute Gasteiger partial charge is 0.493 e. The molecule has 2 aliphatic rings. The highest BCUT2D eigenvalue weighted by molar-refractivity contribution is 5.46. The van der Waals surface area contributed by atoms with Crippen molar-refractivity contribution in [3.8, 4) is 11.5 Å². The molecule has 0 bridgehead atoms. The SMILES string of the molecule is COc1ccc(C2(N)CC3(CCC3)C2)cc1OC. The van der Waals surface area contributed by atoms with Gasteiger partial charge in [0.1, 0.15) is 0 Å². The van der Waals surface area contributed by atoms with Crippen molar-refractivity contribution in [2.75, 3.05) is 14.2 Å². The smallest absolute Gasteiger partial charge is 0.161 e. The summed E-state index contributed by atoms with van der Waals surface area (Å²) in [5.74, 6) is 1.54. The lowest BCUT2D eigenvalue weighted by molar-refractivity contribution is -0.0463. The Morgan fingerprint density at radius 2 is 1.72 bits per heavy atom. The minimum atomic E-state index is -0.153. The van der Waals surface area contributed by atoms with Gasteiger partial charge in [0.05, 0.1) is 14.2 Å². The van der Waals surface area contributed by atoms with Gasteiger partial charge >= 0.3 is 0 Å². The Kier molecular flexibility index (Phi) is 2.56. The number of hydrogen-bond donors (Lipinski definition) is 1. The lowest BCUT2D eigenvalue weighted by Gasteiger charge is -2.60. The number of methoxy groups -OCH3 is 2. The molecule has 2 fully saturated rings. The summed E-state index contributed by atoms with van der Waals surface area (Å²) in [6.45, 7) is 0. The Morgan fingerprint density at radius 3 is 2.22 bits per heavy atom. The van der Waals surface area contributed by atoms with E-state index in [0.29, 0.717) is 5.41 Å². The molecule has 2 N–H and O–H groups in total. The quantitative estimate of drug-likeness (QED) is 0.893. The zero-order valence-electron chi connectivity index (χ0n) is 11.2. The van der Waals surface area contributed by atoms with E-state index in [1.807, 2.05) is 12.1 Å². The van der Waals surface area contributed by atoms with Gasteiger partial charge in [0.25, 0.3) is 0 Å². The van der Waals surface area contributed by atoms with E-state index in [0.717, 1.165) is 24.3 Å². The van der Waals surface area contributed by atoms with Gasteiger partial charge in [-0.25, -0.2) is 0 Å². The summed E-state index contributed by atoms with van der Waals surface area (Å²) in [6, 6.07) is 6.06. The van der Waals surface area contributed by atoms with Crippen LogP contribution in [0.15, 0.2) is 18.2 Å². The molecule has 0 unspecified atom stereocenters. The zero-order valence-corrected chi connectivity index (χ0v) is 11.2. The fourth-order valence-electron chi connectivity index (χ4n) is 3.67. The minimum Gasteiger partial charge on any atom is -0.493 e. The highest BCUT2D eigenvalue weighted by atomic mass is 16.5. The molecular weight excluding hydrogens is 226 g/mol. The third-order valence-corrected chi connectivity index (χ3v) is 4.75. The van der Waals surface area contributed by atoms with Gasteiger partial charge in [0.15, 0.2) is 11.5 Å². The third-order valence-electron chi connectivity index (χ3n) is 4.75. The summed E-state index contributed by atoms with van der Waals surface area (Å²) in [4.78, 5) is 0. The van der Waals surface area contributed by atoms with Crippen LogP contribution in [0.4, 0.5) is 0 Å². The van der Waals surface area contributed by atoms with Crippen LogP contribution in [0.1, 0.15) is 37.7 Å². The average Bonchev–Trinajstić information content (AvgIpc) is 2.31. The molecule has 1 spiro atoms. The molecule has 3 nitrogen and oxygen atoms in total. The van der Waals surface area contributed by atoms with Crippen LogP contribution in [0.5, 0.6) is 11.5 Å². The number of rotatable bonds is 3. The van der Waals surface area contributed by atoms with Crippen LogP contribution in [0, 0.1) is 5.41 Å². The van der Waals surface area contributed by atoms with Crippen LogP contribution < -0.4 is 15.2 Å². The Hall–Kier alpha value is -1.22. The molecule has 2 aliphatic carbocycles. The molecule has 0 aromatic heterocycles. The van der Waals surface area contributed by atoms with Gasteiger partial charge in [-0.3, -0.25) is 0 Å². The number of hydrogen-bond acceptors (Lipinski definition) is 3. The number of benzene rings is 1. The Balaban J connectivity index is 1.84. The van der Waals surface area contributed by atoms with Gasteiger partial charge in [-0.2, -0.15) is 0 Å². The maximum absolute atomic E-state index is 6.53. The van der Waals surface area contributed by atoms with Gasteiger partial charge < -0.3 is 15.2 Å². The summed E-state index contributed by atoms with van der Waals surface area (Å²) >= 11 is 0. The van der Waals surface area contributed by atoms with Crippen molar-refractivity contribution >= 4 is 0 Å². The van der Waals surface area contributed by atoms with E-state index in [4.69, 9.17) is 15.2 Å². The first-order valence-electron chi connectivity index (χ1n) is 6.62. The first-order valence-corrected chi connectivity index (χ1v) is 6.62. The average molecular weight is 247 g/mol. The van der Waals surface area contributed by atoms with E-state index in [2.05, 4.69) is 6.07 Å². The first-order chi connectivity index (χ1) is 8.61. The molecule has 98 valence electrons. The van der Waals surface area contributed by atoms with E-state index < -0.39 is 0 Å². The second kappa shape index (κ2) is 3.89. The minimum absolute atomic E-state index is 0.153. The first kappa shape index (κ1) is 11.8. The van der Waals surface area contributed by atoms with Crippen LogP contribution >= 0.6 is 0 Å². The topological polar surface area (TPSA) is 44.5 Å². The summed E-state index contributed by atoms with van der Waals surface area (Å²) in [5.41, 5.74) is 8.12. The summed E-state index contributed by atoms with van der Waals surface area (Å²) in [7, 11) is 3.32. The summed E-state index contributed by atoms with van der Waals surface area (Å²) < 4.78 is 10.6. The molecule has 2 saturated carbocycles. The number of nitrogens with two attached hydrogens (primary N) is 1. The second-order valence-corrected chi connectivity index (χ2v) is 5.93. The molecular formula is C15H21NO2. The van der Waals surface area contributed by atoms with Gasteiger partial charge in [0, 0.05) is 5.54 Å². The molecule has 1 aromatic rings. The van der Waals surface area contributed by atoms with Gasteiger partial charge in [-0.15, -0.1) is 0 Å². The molecule has 0 amide bonds. The van der Waals surface area contributed by atoms with Crippen molar-refractivity contribution in [2.45, 2.75) is 37.6 Å². The van der Waals surface area contributed by atoms with Crippen molar-refractivity contribution in [1.29, 1.82) is 0 Å². The number of ether oxygens (including phenoxy) is 2. The highest BCUT2D eigenvalue weighted by Crippen LogP contribution is 2.63. The zero-order chi connectivity index (χ0) is 12.8. The maximum atomic E-state index is 6.53. The molecule has 18 heavy (non-hydrogen) atoms. The fourth-order valence-corrected chi connectivity index (χ4v) is 3.67. The Morgan fingerprint density at radius 1 is 1.06 bits per heavy atom. The van der Waals surface area contributed by atoms with Crippen LogP contribution in [-0.4, -0.2) is 14.2 Å². The predicted molar refractivity (Wildman–Crippen MR) is 70.9 cm³/mol. The third kappa shape index (κ3) is 1.61. The van der Waals surface area contributed by atoms with E-state index in [-0.39, 0.29) is 5.54 Å². The van der Waals surface area contributed by atoms with Crippen LogP contribution in [0.3, 0.4) is 0 Å². The molecule has 0 aliphatic heterocycles. The summed E-state index contributed by atoms with van der Waals surface area (Å²) in [5, 5.41) is 0. The molecule has 0 saturated heterocycles. The van der Waals surface area contributed by atoms with Crippen LogP contribution in [0.2, 0.25) is 0 Å². The van der Waals surface area contributed by atoms with Gasteiger partial charge in [-0.05, 0) is 48.8 Å². The molecule has 3 rings (SSSR count). The van der Waals surface area contributed by atoms with Crippen molar-refractivity contribution in [2.24, 2.45) is 11.1 Å². The fraction of sp³-hybridized carbons (Fsp3) is 0.600. The molecule has 0 radical (unpaired) electrons. The molecule has 3 heteroatoms. The monoisotopic (exact) mass is 247 g/mol. The standard InChI is InChI=1S/C15H21NO2/c1-17-12-5-4-11(8-13(12)18-2)15(16)9-14(10-15)6-3-7-14/h4-5,8H,3,6-7,9-10,16H2,1-2H3. The van der Waals surface area contributed by atoms with Crippen molar-refractivity contribution in [3.05, 3.63) is 23.8 Å². The van der Waals surface area contributed by atoms with Gasteiger partial charge in [0.2, 0.25) is 0 Å². The maximum Gasteiger partial charge on any atom is 0.161 e. The predicted octanol–water partition coefficient (Wildman–Crippen LogP) is 2.82. The van der Waals surface area contributed by atoms with E-state index in [9.17, 15) is 0 Å². The summed E-state index contributed by atoms with van der Waals surface area (Å²) in [6.07, 6.45) is 6.34. The van der Waals surface area contributed by atoms with Crippen LogP contribution in [-0.2, 0) is 5.54 Å². The molecule has 1 aromatic carbocycles. The van der Waals surface area contributed by atoms with Gasteiger partial charge in [-0.1, -0.05) is 12.5 Å². The lowest BCUT2D eigenvalue weighted by atomic mass is 9.47. The second-order valence-electron chi connectivity index (χ2n) is 5.93. The van der Waals surface area contributed by atoms with E-state index >= 15 is 0 Å². The van der Waals surface area contributed by atoms with Crippen molar-refractivity contribution in [1.82, 2.24) is 0 Å². The van der Waals surface area contributed by atoms with E-state index in [1.54, 1.807) is 14.2 Å². The normalized spacial score (nSPS) is 23.1. The van der Waals surface area contributed by atoms with E-state index in [1.165, 1.54) is 24.8 Å². The Labute approximate surface area is 108 Å². The van der Waals surface area contributed by atoms with Crippen LogP contribution in [0.25, 0.3) is 0 Å². The lowest BCUT2D eigenvalue weighted by Crippen LogP contribution is -2.58.